The first-order valence-corrected chi connectivity index (χ1v) is 13.1. The highest BCUT2D eigenvalue weighted by atomic mass is 16.5. The molecule has 200 valence electrons. The van der Waals surface area contributed by atoms with Crippen LogP contribution >= 0.6 is 0 Å². The molecule has 1 aliphatic rings. The second kappa shape index (κ2) is 11.4. The van der Waals surface area contributed by atoms with Crippen LogP contribution in [-0.4, -0.2) is 46.6 Å². The molecular weight excluding hydrogens is 484 g/mol. The number of benzene rings is 2. The van der Waals surface area contributed by atoms with Crippen LogP contribution in [0.2, 0.25) is 0 Å². The van der Waals surface area contributed by atoms with Crippen LogP contribution in [0.25, 0.3) is 22.4 Å². The maximum atomic E-state index is 11.8. The van der Waals surface area contributed by atoms with Gasteiger partial charge >= 0.3 is 5.97 Å². The number of nitrogens with zero attached hydrogens (tertiary/aromatic N) is 2. The molecule has 1 fully saturated rings. The Labute approximate surface area is 222 Å². The molecular formula is C30H34N2O6. The predicted octanol–water partition coefficient (Wildman–Crippen LogP) is 6.16. The number of aromatic nitrogens is 2. The molecule has 2 atom stereocenters. The molecule has 4 aromatic rings. The molecule has 38 heavy (non-hydrogen) atoms. The molecule has 0 saturated heterocycles. The van der Waals surface area contributed by atoms with Crippen LogP contribution < -0.4 is 4.74 Å². The van der Waals surface area contributed by atoms with E-state index in [1.54, 1.807) is 17.7 Å². The van der Waals surface area contributed by atoms with E-state index in [4.69, 9.17) is 18.6 Å². The lowest BCUT2D eigenvalue weighted by atomic mass is 9.95. The molecule has 2 heterocycles. The third kappa shape index (κ3) is 5.76. The van der Waals surface area contributed by atoms with Crippen molar-refractivity contribution in [3.05, 3.63) is 71.2 Å². The van der Waals surface area contributed by atoms with E-state index >= 15 is 0 Å². The topological polar surface area (TPSA) is 96.0 Å². The minimum Gasteiger partial charge on any atom is -0.497 e. The summed E-state index contributed by atoms with van der Waals surface area (Å²) in [6.45, 7) is 5.23. The number of hydrogen-bond donors (Lipinski definition) is 1. The van der Waals surface area contributed by atoms with Crippen LogP contribution in [0.3, 0.4) is 0 Å². The quantitative estimate of drug-likeness (QED) is 0.268. The molecule has 0 aliphatic heterocycles. The van der Waals surface area contributed by atoms with E-state index in [1.165, 1.54) is 0 Å². The number of carboxylic acid groups (broad SMARTS) is 1. The van der Waals surface area contributed by atoms with Crippen molar-refractivity contribution in [2.45, 2.75) is 64.9 Å². The highest BCUT2D eigenvalue weighted by Crippen LogP contribution is 2.28. The van der Waals surface area contributed by atoms with Gasteiger partial charge in [-0.15, -0.1) is 0 Å². The van der Waals surface area contributed by atoms with Crippen molar-refractivity contribution in [1.82, 2.24) is 9.55 Å². The monoisotopic (exact) mass is 518 g/mol. The molecule has 2 aromatic heterocycles. The number of carbonyl (C=O) groups is 1. The molecule has 0 unspecified atom stereocenters. The second-order valence-corrected chi connectivity index (χ2v) is 9.89. The normalized spacial score (nSPS) is 17.7. The second-order valence-electron chi connectivity index (χ2n) is 9.89. The Morgan fingerprint density at radius 1 is 1.11 bits per heavy atom. The molecule has 0 radical (unpaired) electrons. The smallest absolute Gasteiger partial charge is 0.352 e. The Hall–Kier alpha value is -3.62. The summed E-state index contributed by atoms with van der Waals surface area (Å²) in [5.74, 6) is 1.12. The number of fused-ring (bicyclic) bond motifs is 1. The fraction of sp³-hybridized carbons (Fsp3) is 0.400. The van der Waals surface area contributed by atoms with Gasteiger partial charge in [-0.3, -0.25) is 0 Å². The molecule has 0 amide bonds. The summed E-state index contributed by atoms with van der Waals surface area (Å²) in [4.78, 5) is 16.5. The summed E-state index contributed by atoms with van der Waals surface area (Å²) in [7, 11) is 1.60. The highest BCUT2D eigenvalue weighted by Gasteiger charge is 2.24. The minimum absolute atomic E-state index is 0.0691. The maximum absolute atomic E-state index is 11.8. The third-order valence-electron chi connectivity index (χ3n) is 7.19. The van der Waals surface area contributed by atoms with Crippen LogP contribution in [-0.2, 0) is 22.6 Å². The maximum Gasteiger partial charge on any atom is 0.352 e. The Balaban J connectivity index is 1.17. The summed E-state index contributed by atoms with van der Waals surface area (Å²) in [5.41, 5.74) is 4.01. The van der Waals surface area contributed by atoms with Gasteiger partial charge in [-0.25, -0.2) is 9.78 Å². The van der Waals surface area contributed by atoms with Crippen molar-refractivity contribution in [3.63, 3.8) is 0 Å². The van der Waals surface area contributed by atoms with Gasteiger partial charge in [-0.2, -0.15) is 0 Å². The average molecular weight is 519 g/mol. The first-order chi connectivity index (χ1) is 18.4. The fourth-order valence-corrected chi connectivity index (χ4v) is 5.16. The van der Waals surface area contributed by atoms with Crippen molar-refractivity contribution in [3.8, 4) is 17.2 Å². The zero-order valence-electron chi connectivity index (χ0n) is 22.1. The number of oxazole rings is 1. The van der Waals surface area contributed by atoms with E-state index in [0.717, 1.165) is 59.2 Å². The standard InChI is InChI=1S/C30H34N2O6/c1-19-6-4-7-22(14-19)29-31-26(20(2)38-29)18-37-25-9-5-8-24(16-25)36-13-12-32-27-17-23(35-3)11-10-21(27)15-28(32)30(33)34/h4,6-7,10-11,14-15,17,24-25H,5,8-9,12-13,16,18H2,1-3H3,(H,33,34)/t24-,25+/m1/s1. The SMILES string of the molecule is COc1ccc2cc(C(=O)O)n(CCO[C@@H]3CCC[C@H](OCc4nc(-c5cccc(C)c5)oc4C)C3)c2c1. The lowest BCUT2D eigenvalue weighted by Gasteiger charge is -2.29. The molecule has 0 bridgehead atoms. The number of ether oxygens (including phenoxy) is 3. The first-order valence-electron chi connectivity index (χ1n) is 13.1. The van der Waals surface area contributed by atoms with Gasteiger partial charge in [0.15, 0.2) is 0 Å². The Kier molecular flexibility index (Phi) is 7.81. The van der Waals surface area contributed by atoms with E-state index in [2.05, 4.69) is 11.1 Å². The van der Waals surface area contributed by atoms with Gasteiger partial charge in [-0.05, 0) is 69.9 Å². The minimum atomic E-state index is -0.958. The highest BCUT2D eigenvalue weighted by molar-refractivity contribution is 5.95. The van der Waals surface area contributed by atoms with Crippen LogP contribution in [0.5, 0.6) is 5.75 Å². The Bertz CT molecular complexity index is 1420. The zero-order chi connectivity index (χ0) is 26.6. The summed E-state index contributed by atoms with van der Waals surface area (Å²) in [6, 6.07) is 15.4. The number of hydrogen-bond acceptors (Lipinski definition) is 6. The molecule has 1 N–H and O–H groups in total. The third-order valence-corrected chi connectivity index (χ3v) is 7.19. The van der Waals surface area contributed by atoms with Crippen molar-refractivity contribution < 1.29 is 28.5 Å². The van der Waals surface area contributed by atoms with Crippen molar-refractivity contribution >= 4 is 16.9 Å². The molecule has 1 saturated carbocycles. The number of aryl methyl sites for hydroxylation is 2. The molecule has 2 aromatic carbocycles. The molecule has 8 nitrogen and oxygen atoms in total. The van der Waals surface area contributed by atoms with E-state index in [-0.39, 0.29) is 17.9 Å². The van der Waals surface area contributed by atoms with Gasteiger partial charge in [-0.1, -0.05) is 17.7 Å². The largest absolute Gasteiger partial charge is 0.497 e. The van der Waals surface area contributed by atoms with Gasteiger partial charge in [0.25, 0.3) is 0 Å². The molecule has 5 rings (SSSR count). The number of aromatic carboxylic acids is 1. The van der Waals surface area contributed by atoms with Gasteiger partial charge in [0.05, 0.1) is 38.0 Å². The number of methoxy groups -OCH3 is 1. The van der Waals surface area contributed by atoms with Gasteiger partial charge in [0.1, 0.15) is 22.9 Å². The van der Waals surface area contributed by atoms with E-state index in [0.29, 0.717) is 31.4 Å². The first kappa shape index (κ1) is 26.0. The number of carboxylic acids is 1. The van der Waals surface area contributed by atoms with Gasteiger partial charge in [0.2, 0.25) is 5.89 Å². The fourth-order valence-electron chi connectivity index (χ4n) is 5.16. The summed E-state index contributed by atoms with van der Waals surface area (Å²) in [6.07, 6.45) is 3.91. The van der Waals surface area contributed by atoms with Crippen LogP contribution in [0.15, 0.2) is 52.9 Å². The summed E-state index contributed by atoms with van der Waals surface area (Å²) < 4.78 is 25.5. The lowest BCUT2D eigenvalue weighted by molar-refractivity contribution is -0.0523. The van der Waals surface area contributed by atoms with E-state index in [9.17, 15) is 9.90 Å². The van der Waals surface area contributed by atoms with Crippen LogP contribution in [0.4, 0.5) is 0 Å². The van der Waals surface area contributed by atoms with Crippen molar-refractivity contribution in [2.75, 3.05) is 13.7 Å². The Morgan fingerprint density at radius 3 is 2.68 bits per heavy atom. The van der Waals surface area contributed by atoms with Crippen molar-refractivity contribution in [1.29, 1.82) is 0 Å². The van der Waals surface area contributed by atoms with Gasteiger partial charge in [0, 0.05) is 23.6 Å². The number of rotatable bonds is 10. The van der Waals surface area contributed by atoms with Crippen LogP contribution in [0, 0.1) is 13.8 Å². The molecule has 8 heteroatoms. The van der Waals surface area contributed by atoms with Crippen LogP contribution in [0.1, 0.15) is 53.2 Å². The predicted molar refractivity (Wildman–Crippen MR) is 144 cm³/mol. The average Bonchev–Trinajstić information content (AvgIpc) is 3.47. The zero-order valence-corrected chi connectivity index (χ0v) is 22.1. The summed E-state index contributed by atoms with van der Waals surface area (Å²) in [5, 5.41) is 10.6. The van der Waals surface area contributed by atoms with Gasteiger partial charge < -0.3 is 28.3 Å². The van der Waals surface area contributed by atoms with E-state index < -0.39 is 5.97 Å². The summed E-state index contributed by atoms with van der Waals surface area (Å²) >= 11 is 0. The lowest BCUT2D eigenvalue weighted by Crippen LogP contribution is -2.29. The van der Waals surface area contributed by atoms with Crippen molar-refractivity contribution in [2.24, 2.45) is 0 Å². The molecule has 0 spiro atoms. The Morgan fingerprint density at radius 2 is 1.92 bits per heavy atom. The van der Waals surface area contributed by atoms with E-state index in [1.807, 2.05) is 50.2 Å². The molecule has 1 aliphatic carbocycles.